The number of pyridine rings is 1. The first-order valence-electron chi connectivity index (χ1n) is 11.0. The molecule has 3 aromatic rings. The third kappa shape index (κ3) is 4.50. The summed E-state index contributed by atoms with van der Waals surface area (Å²) < 4.78 is 1.75. The third-order valence-corrected chi connectivity index (χ3v) is 6.15. The fourth-order valence-corrected chi connectivity index (χ4v) is 4.42. The summed E-state index contributed by atoms with van der Waals surface area (Å²) in [6, 6.07) is 13.5. The highest BCUT2D eigenvalue weighted by molar-refractivity contribution is 6.01. The molecule has 164 valence electrons. The Morgan fingerprint density at radius 1 is 1.31 bits per heavy atom. The molecule has 0 saturated carbocycles. The molecule has 2 aromatic heterocycles. The largest absolute Gasteiger partial charge is 0.368 e. The Balaban J connectivity index is 1.61. The van der Waals surface area contributed by atoms with Gasteiger partial charge in [-0.25, -0.2) is 4.98 Å². The van der Waals surface area contributed by atoms with Crippen molar-refractivity contribution in [1.82, 2.24) is 19.7 Å². The molecule has 7 nitrogen and oxygen atoms in total. The van der Waals surface area contributed by atoms with Crippen molar-refractivity contribution in [2.75, 3.05) is 18.4 Å². The first-order valence-corrected chi connectivity index (χ1v) is 11.0. The van der Waals surface area contributed by atoms with E-state index in [0.717, 1.165) is 36.1 Å². The van der Waals surface area contributed by atoms with E-state index in [2.05, 4.69) is 28.4 Å². The summed E-state index contributed by atoms with van der Waals surface area (Å²) in [6.07, 6.45) is 5.80. The van der Waals surface area contributed by atoms with Gasteiger partial charge in [0.2, 0.25) is 0 Å². The van der Waals surface area contributed by atoms with E-state index in [4.69, 9.17) is 5.26 Å². The molecule has 32 heavy (non-hydrogen) atoms. The van der Waals surface area contributed by atoms with Gasteiger partial charge in [-0.2, -0.15) is 10.4 Å². The third-order valence-electron chi connectivity index (χ3n) is 6.15. The highest BCUT2D eigenvalue weighted by Gasteiger charge is 2.33. The van der Waals surface area contributed by atoms with Gasteiger partial charge in [-0.3, -0.25) is 9.48 Å². The average Bonchev–Trinajstić information content (AvgIpc) is 3.23. The van der Waals surface area contributed by atoms with Crippen molar-refractivity contribution in [2.24, 2.45) is 13.0 Å². The maximum absolute atomic E-state index is 13.8. The SMILES string of the molecule is Cc1ccc(-c2cnn(C)c2)c(C(=O)N2CCCC(C)C2CNc2cccc(C#N)n2)c1. The minimum atomic E-state index is 0.0334. The van der Waals surface area contributed by atoms with Crippen LogP contribution >= 0.6 is 0 Å². The van der Waals surface area contributed by atoms with Crippen molar-refractivity contribution in [1.29, 1.82) is 5.26 Å². The molecule has 1 saturated heterocycles. The number of carbonyl (C=O) groups excluding carboxylic acids is 1. The van der Waals surface area contributed by atoms with Gasteiger partial charge in [-0.15, -0.1) is 0 Å². The van der Waals surface area contributed by atoms with Gasteiger partial charge in [0.15, 0.2) is 0 Å². The van der Waals surface area contributed by atoms with E-state index < -0.39 is 0 Å². The standard InChI is InChI=1S/C25H28N6O/c1-17-9-10-21(19-14-28-30(3)16-19)22(12-17)25(32)31-11-5-6-18(2)23(31)15-27-24-8-4-7-20(13-26)29-24/h4,7-10,12,14,16,18,23H,5-6,11,15H2,1-3H3,(H,27,29). The van der Waals surface area contributed by atoms with Gasteiger partial charge in [-0.05, 0) is 49.4 Å². The second-order valence-corrected chi connectivity index (χ2v) is 8.54. The van der Waals surface area contributed by atoms with Crippen LogP contribution in [0, 0.1) is 24.2 Å². The molecule has 1 amide bonds. The van der Waals surface area contributed by atoms with Crippen LogP contribution in [0.2, 0.25) is 0 Å². The fraction of sp³-hybridized carbons (Fsp3) is 0.360. The van der Waals surface area contributed by atoms with Gasteiger partial charge < -0.3 is 10.2 Å². The number of benzene rings is 1. The molecule has 0 radical (unpaired) electrons. The molecule has 1 aliphatic heterocycles. The molecule has 2 unspecified atom stereocenters. The summed E-state index contributed by atoms with van der Waals surface area (Å²) in [7, 11) is 1.88. The number of nitrogens with zero attached hydrogens (tertiary/aromatic N) is 5. The van der Waals surface area contributed by atoms with Crippen LogP contribution in [0.3, 0.4) is 0 Å². The topological polar surface area (TPSA) is 86.8 Å². The van der Waals surface area contributed by atoms with Crippen LogP contribution in [0.15, 0.2) is 48.8 Å². The highest BCUT2D eigenvalue weighted by atomic mass is 16.2. The van der Waals surface area contributed by atoms with E-state index in [9.17, 15) is 4.79 Å². The average molecular weight is 429 g/mol. The Bertz CT molecular complexity index is 1160. The van der Waals surface area contributed by atoms with Crippen molar-refractivity contribution in [3.63, 3.8) is 0 Å². The zero-order valence-corrected chi connectivity index (χ0v) is 18.7. The van der Waals surface area contributed by atoms with Crippen molar-refractivity contribution in [3.8, 4) is 17.2 Å². The molecule has 1 N–H and O–H groups in total. The molecule has 0 spiro atoms. The molecule has 0 bridgehead atoms. The van der Waals surface area contributed by atoms with Crippen LogP contribution in [-0.2, 0) is 7.05 Å². The van der Waals surface area contributed by atoms with Gasteiger partial charge in [0.1, 0.15) is 17.6 Å². The molecule has 2 atom stereocenters. The number of hydrogen-bond acceptors (Lipinski definition) is 5. The van der Waals surface area contributed by atoms with Crippen LogP contribution in [-0.4, -0.2) is 44.7 Å². The van der Waals surface area contributed by atoms with E-state index in [-0.39, 0.29) is 11.9 Å². The summed E-state index contributed by atoms with van der Waals surface area (Å²) in [5.74, 6) is 1.05. The monoisotopic (exact) mass is 428 g/mol. The number of carbonyl (C=O) groups is 1. The summed E-state index contributed by atoms with van der Waals surface area (Å²) in [5.41, 5.74) is 3.98. The summed E-state index contributed by atoms with van der Waals surface area (Å²) in [5, 5.41) is 16.7. The molecular weight excluding hydrogens is 400 g/mol. The maximum atomic E-state index is 13.8. The summed E-state index contributed by atoms with van der Waals surface area (Å²) in [4.78, 5) is 20.1. The van der Waals surface area contributed by atoms with E-state index >= 15 is 0 Å². The van der Waals surface area contributed by atoms with Gasteiger partial charge in [0.05, 0.1) is 12.2 Å². The minimum Gasteiger partial charge on any atom is -0.368 e. The quantitative estimate of drug-likeness (QED) is 0.663. The number of aryl methyl sites for hydroxylation is 2. The highest BCUT2D eigenvalue weighted by Crippen LogP contribution is 2.30. The number of hydrogen-bond donors (Lipinski definition) is 1. The number of anilines is 1. The molecule has 1 fully saturated rings. The van der Waals surface area contributed by atoms with E-state index in [1.54, 1.807) is 16.9 Å². The predicted octanol–water partition coefficient (Wildman–Crippen LogP) is 4.02. The van der Waals surface area contributed by atoms with Crippen LogP contribution in [0.25, 0.3) is 11.1 Å². The summed E-state index contributed by atoms with van der Waals surface area (Å²) in [6.45, 7) is 5.52. The molecule has 1 aromatic carbocycles. The Labute approximate surface area is 188 Å². The van der Waals surface area contributed by atoms with Crippen molar-refractivity contribution >= 4 is 11.7 Å². The zero-order chi connectivity index (χ0) is 22.7. The number of nitriles is 1. The summed E-state index contributed by atoms with van der Waals surface area (Å²) >= 11 is 0. The number of aromatic nitrogens is 3. The number of likely N-dealkylation sites (tertiary alicyclic amines) is 1. The molecule has 4 rings (SSSR count). The van der Waals surface area contributed by atoms with Crippen LogP contribution in [0.4, 0.5) is 5.82 Å². The van der Waals surface area contributed by atoms with Crippen LogP contribution < -0.4 is 5.32 Å². The van der Waals surface area contributed by atoms with Crippen molar-refractivity contribution in [3.05, 3.63) is 65.6 Å². The first-order chi connectivity index (χ1) is 15.5. The number of rotatable bonds is 5. The lowest BCUT2D eigenvalue weighted by molar-refractivity contribution is 0.0540. The normalized spacial score (nSPS) is 18.2. The number of piperidine rings is 1. The Hall–Kier alpha value is -3.66. The fourth-order valence-electron chi connectivity index (χ4n) is 4.42. The Morgan fingerprint density at radius 2 is 2.16 bits per heavy atom. The van der Waals surface area contributed by atoms with Gasteiger partial charge >= 0.3 is 0 Å². The van der Waals surface area contributed by atoms with Crippen LogP contribution in [0.1, 0.15) is 41.4 Å². The van der Waals surface area contributed by atoms with E-state index in [1.807, 2.05) is 55.4 Å². The number of amides is 1. The van der Waals surface area contributed by atoms with Gasteiger partial charge in [0.25, 0.3) is 5.91 Å². The number of nitrogens with one attached hydrogen (secondary N) is 1. The zero-order valence-electron chi connectivity index (χ0n) is 18.7. The Kier molecular flexibility index (Phi) is 6.22. The van der Waals surface area contributed by atoms with E-state index in [0.29, 0.717) is 29.5 Å². The second kappa shape index (κ2) is 9.23. The van der Waals surface area contributed by atoms with Gasteiger partial charge in [0, 0.05) is 37.5 Å². The van der Waals surface area contributed by atoms with Crippen molar-refractivity contribution < 1.29 is 4.79 Å². The molecule has 3 heterocycles. The lowest BCUT2D eigenvalue weighted by Crippen LogP contribution is -2.51. The van der Waals surface area contributed by atoms with Crippen molar-refractivity contribution in [2.45, 2.75) is 32.7 Å². The van der Waals surface area contributed by atoms with Gasteiger partial charge in [-0.1, -0.05) is 30.7 Å². The van der Waals surface area contributed by atoms with E-state index in [1.165, 1.54) is 0 Å². The molecule has 0 aliphatic carbocycles. The molecule has 1 aliphatic rings. The van der Waals surface area contributed by atoms with Crippen LogP contribution in [0.5, 0.6) is 0 Å². The minimum absolute atomic E-state index is 0.0334. The Morgan fingerprint density at radius 3 is 2.91 bits per heavy atom. The lowest BCUT2D eigenvalue weighted by Gasteiger charge is -2.40. The second-order valence-electron chi connectivity index (χ2n) is 8.54. The first kappa shape index (κ1) is 21.6. The maximum Gasteiger partial charge on any atom is 0.254 e. The lowest BCUT2D eigenvalue weighted by atomic mass is 9.89. The smallest absolute Gasteiger partial charge is 0.254 e. The molecular formula is C25H28N6O. The predicted molar refractivity (Wildman–Crippen MR) is 124 cm³/mol. The molecule has 7 heteroatoms.